The Labute approximate surface area is 120 Å². The topological polar surface area (TPSA) is 74.4 Å². The predicted octanol–water partition coefficient (Wildman–Crippen LogP) is 1.91. The van der Waals surface area contributed by atoms with Crippen molar-refractivity contribution in [2.45, 2.75) is 19.4 Å². The summed E-state index contributed by atoms with van der Waals surface area (Å²) in [6, 6.07) is 8.19. The van der Waals surface area contributed by atoms with Crippen molar-refractivity contribution in [1.29, 1.82) is 5.41 Å². The second-order valence-electron chi connectivity index (χ2n) is 4.96. The lowest BCUT2D eigenvalue weighted by molar-refractivity contribution is -0.0992. The number of rotatable bonds is 7. The second kappa shape index (κ2) is 7.07. The molecule has 0 aliphatic carbocycles. The summed E-state index contributed by atoms with van der Waals surface area (Å²) < 4.78 is 0. The van der Waals surface area contributed by atoms with Gasteiger partial charge in [0.2, 0.25) is 0 Å². The van der Waals surface area contributed by atoms with Crippen LogP contribution in [0.15, 0.2) is 30.5 Å². The number of benzene rings is 1. The maximum absolute atomic E-state index is 7.13. The molecule has 1 rings (SSSR count). The summed E-state index contributed by atoms with van der Waals surface area (Å²) in [7, 11) is 3.59. The lowest BCUT2D eigenvalue weighted by atomic mass is 9.90. The van der Waals surface area contributed by atoms with Gasteiger partial charge < -0.3 is 11.1 Å². The highest BCUT2D eigenvalue weighted by atomic mass is 16.7. The molecule has 5 nitrogen and oxygen atoms in total. The molecule has 0 spiro atoms. The van der Waals surface area contributed by atoms with Crippen molar-refractivity contribution in [1.82, 2.24) is 10.4 Å². The number of allylic oxidation sites excluding steroid dienone is 1. The third-order valence-corrected chi connectivity index (χ3v) is 3.50. The Morgan fingerprint density at radius 2 is 2.25 bits per heavy atom. The minimum absolute atomic E-state index is 0.345. The van der Waals surface area contributed by atoms with E-state index in [-0.39, 0.29) is 5.54 Å². The van der Waals surface area contributed by atoms with Crippen LogP contribution in [0.25, 0.3) is 5.57 Å². The molecule has 110 valence electrons. The predicted molar refractivity (Wildman–Crippen MR) is 83.2 cm³/mol. The van der Waals surface area contributed by atoms with E-state index in [1.54, 1.807) is 13.2 Å². The van der Waals surface area contributed by atoms with Crippen LogP contribution in [0.2, 0.25) is 0 Å². The van der Waals surface area contributed by atoms with Crippen LogP contribution in [0, 0.1) is 5.41 Å². The molecule has 1 aromatic rings. The first-order valence-electron chi connectivity index (χ1n) is 6.51. The maximum atomic E-state index is 7.13. The summed E-state index contributed by atoms with van der Waals surface area (Å²) in [5.74, 6) is 0. The largest absolute Gasteiger partial charge is 0.404 e. The molecule has 0 radical (unpaired) electrons. The molecule has 0 aromatic heterocycles. The summed E-state index contributed by atoms with van der Waals surface area (Å²) in [5.41, 5.74) is 8.46. The molecule has 0 aliphatic rings. The van der Waals surface area contributed by atoms with Crippen LogP contribution in [0.4, 0.5) is 0 Å². The second-order valence-corrected chi connectivity index (χ2v) is 4.96. The highest BCUT2D eigenvalue weighted by Gasteiger charge is 2.26. The first kappa shape index (κ1) is 16.2. The van der Waals surface area contributed by atoms with Gasteiger partial charge in [0.25, 0.3) is 0 Å². The number of hydrogen-bond acceptors (Lipinski definition) is 4. The van der Waals surface area contributed by atoms with E-state index in [4.69, 9.17) is 16.0 Å². The summed E-state index contributed by atoms with van der Waals surface area (Å²) in [6.45, 7) is 4.46. The quantitative estimate of drug-likeness (QED) is 0.404. The van der Waals surface area contributed by atoms with E-state index < -0.39 is 0 Å². The number of likely N-dealkylation sites (N-methyl/N-ethyl adjacent to an activating group) is 1. The molecule has 5 heteroatoms. The van der Waals surface area contributed by atoms with Crippen LogP contribution >= 0.6 is 0 Å². The van der Waals surface area contributed by atoms with E-state index in [0.29, 0.717) is 6.61 Å². The third kappa shape index (κ3) is 3.82. The molecule has 0 amide bonds. The fraction of sp³-hybridized carbons (Fsp3) is 0.400. The Morgan fingerprint density at radius 3 is 2.80 bits per heavy atom. The Bertz CT molecular complexity index is 487. The minimum atomic E-state index is -0.345. The molecule has 0 heterocycles. The number of hydroxylamine groups is 2. The van der Waals surface area contributed by atoms with E-state index in [9.17, 15) is 0 Å². The van der Waals surface area contributed by atoms with Gasteiger partial charge in [-0.3, -0.25) is 10.2 Å². The zero-order valence-electron chi connectivity index (χ0n) is 12.6. The molecule has 1 atom stereocenters. The highest BCUT2D eigenvalue weighted by molar-refractivity contribution is 5.64. The molecule has 0 aliphatic heterocycles. The van der Waals surface area contributed by atoms with Crippen LogP contribution in [0.5, 0.6) is 0 Å². The Balaban J connectivity index is 3.01. The first-order chi connectivity index (χ1) is 9.46. The molecule has 0 fully saturated rings. The average Bonchev–Trinajstić information content (AvgIpc) is 2.51. The monoisotopic (exact) mass is 276 g/mol. The zero-order valence-corrected chi connectivity index (χ0v) is 12.6. The van der Waals surface area contributed by atoms with Crippen LogP contribution in [-0.2, 0) is 10.4 Å². The van der Waals surface area contributed by atoms with Crippen molar-refractivity contribution in [2.75, 3.05) is 20.7 Å². The summed E-state index contributed by atoms with van der Waals surface area (Å²) in [5, 5.41) is 11.8. The van der Waals surface area contributed by atoms with E-state index in [0.717, 1.165) is 23.0 Å². The summed E-state index contributed by atoms with van der Waals surface area (Å²) in [6.07, 6.45) is 2.74. The Kier molecular flexibility index (Phi) is 5.73. The van der Waals surface area contributed by atoms with Crippen LogP contribution in [0.3, 0.4) is 0 Å². The van der Waals surface area contributed by atoms with Crippen LogP contribution < -0.4 is 11.1 Å². The molecule has 0 saturated carbocycles. The van der Waals surface area contributed by atoms with Crippen molar-refractivity contribution in [2.24, 2.45) is 5.73 Å². The smallest absolute Gasteiger partial charge is 0.107 e. The van der Waals surface area contributed by atoms with Crippen molar-refractivity contribution in [3.05, 3.63) is 41.6 Å². The van der Waals surface area contributed by atoms with Gasteiger partial charge in [0.05, 0.1) is 12.1 Å². The lowest BCUT2D eigenvalue weighted by Crippen LogP contribution is -2.43. The van der Waals surface area contributed by atoms with Gasteiger partial charge in [0.15, 0.2) is 0 Å². The average molecular weight is 276 g/mol. The van der Waals surface area contributed by atoms with Gasteiger partial charge in [-0.05, 0) is 49.9 Å². The third-order valence-electron chi connectivity index (χ3n) is 3.50. The molecule has 0 saturated heterocycles. The maximum Gasteiger partial charge on any atom is 0.107 e. The van der Waals surface area contributed by atoms with Crippen LogP contribution in [0.1, 0.15) is 25.0 Å². The number of nitrogens with two attached hydrogens (primary N) is 1. The van der Waals surface area contributed by atoms with Gasteiger partial charge >= 0.3 is 0 Å². The molecule has 1 aromatic carbocycles. The number of nitrogens with zero attached hydrogens (tertiary/aromatic N) is 1. The van der Waals surface area contributed by atoms with Gasteiger partial charge in [-0.2, -0.15) is 0 Å². The van der Waals surface area contributed by atoms with Crippen molar-refractivity contribution >= 4 is 11.9 Å². The molecule has 20 heavy (non-hydrogen) atoms. The summed E-state index contributed by atoms with van der Waals surface area (Å²) >= 11 is 0. The lowest BCUT2D eigenvalue weighted by Gasteiger charge is -2.31. The van der Waals surface area contributed by atoms with E-state index in [1.807, 2.05) is 26.1 Å². The molecular formula is C15H24N4O. The normalized spacial score (nSPS) is 14.7. The van der Waals surface area contributed by atoms with Gasteiger partial charge in [-0.25, -0.2) is 5.06 Å². The van der Waals surface area contributed by atoms with Crippen molar-refractivity contribution in [3.63, 3.8) is 0 Å². The van der Waals surface area contributed by atoms with E-state index in [1.165, 1.54) is 5.06 Å². The molecule has 4 N–H and O–H groups in total. The van der Waals surface area contributed by atoms with Gasteiger partial charge in [0.1, 0.15) is 6.34 Å². The molecular weight excluding hydrogens is 252 g/mol. The van der Waals surface area contributed by atoms with Gasteiger partial charge in [-0.15, -0.1) is 0 Å². The van der Waals surface area contributed by atoms with Crippen molar-refractivity contribution in [3.8, 4) is 0 Å². The van der Waals surface area contributed by atoms with Gasteiger partial charge in [-0.1, -0.05) is 18.2 Å². The molecule has 1 unspecified atom stereocenters. The van der Waals surface area contributed by atoms with Crippen LogP contribution in [-0.4, -0.2) is 32.1 Å². The number of nitrogens with one attached hydrogen (secondary N) is 2. The van der Waals surface area contributed by atoms with Gasteiger partial charge in [0, 0.05) is 7.05 Å². The first-order valence-corrected chi connectivity index (χ1v) is 6.51. The number of hydrogen-bond donors (Lipinski definition) is 3. The van der Waals surface area contributed by atoms with E-state index in [2.05, 4.69) is 24.4 Å². The van der Waals surface area contributed by atoms with E-state index >= 15 is 0 Å². The zero-order chi connectivity index (χ0) is 15.2. The fourth-order valence-electron chi connectivity index (χ4n) is 1.77. The van der Waals surface area contributed by atoms with Crippen molar-refractivity contribution < 1.29 is 4.84 Å². The Hall–Kier alpha value is -1.85. The summed E-state index contributed by atoms with van der Waals surface area (Å²) in [4.78, 5) is 5.52. The SMILES string of the molecule is CNC(C)(CON(C)C=N)c1cccc(/C(C)=C/N)c1. The molecule has 0 bridgehead atoms. The highest BCUT2D eigenvalue weighted by Crippen LogP contribution is 2.24. The fourth-order valence-corrected chi connectivity index (χ4v) is 1.77. The standard InChI is InChI=1S/C15H24N4O/c1-12(9-16)13-6-5-7-14(8-13)15(2,18-3)10-20-19(4)11-17/h5-9,11,17-18H,10,16H2,1-4H3/b12-9+,17-11?. The minimum Gasteiger partial charge on any atom is -0.404 e. The Morgan fingerprint density at radius 1 is 1.55 bits per heavy atom.